The van der Waals surface area contributed by atoms with Crippen molar-refractivity contribution < 1.29 is 29.0 Å². The molecule has 2 heterocycles. The molecule has 2 N–H and O–H groups in total. The number of aliphatic carboxylic acids is 1. The van der Waals surface area contributed by atoms with Crippen molar-refractivity contribution in [2.75, 3.05) is 12.0 Å². The SMILES string of the molecule is COc1ccccc1C1NC(C)(C(=O)O)C2C(=O)N(c3ccc(C(C)=O)cc3)C(=O)C12. The molecule has 0 radical (unpaired) electrons. The van der Waals surface area contributed by atoms with Crippen molar-refractivity contribution in [1.82, 2.24) is 5.32 Å². The first kappa shape index (κ1) is 20.7. The number of amides is 2. The van der Waals surface area contributed by atoms with Crippen molar-refractivity contribution >= 4 is 29.3 Å². The van der Waals surface area contributed by atoms with E-state index in [0.717, 1.165) is 4.90 Å². The number of para-hydroxylation sites is 1. The molecule has 160 valence electrons. The molecule has 4 rings (SSSR count). The number of nitrogens with one attached hydrogen (secondary N) is 1. The molecule has 4 unspecified atom stereocenters. The number of carboxylic acid groups (broad SMARTS) is 1. The van der Waals surface area contributed by atoms with E-state index in [1.165, 1.54) is 33.1 Å². The molecule has 2 fully saturated rings. The van der Waals surface area contributed by atoms with Crippen molar-refractivity contribution in [1.29, 1.82) is 0 Å². The molecule has 2 aromatic carbocycles. The summed E-state index contributed by atoms with van der Waals surface area (Å²) < 4.78 is 5.41. The van der Waals surface area contributed by atoms with Crippen LogP contribution in [0.15, 0.2) is 48.5 Å². The van der Waals surface area contributed by atoms with Gasteiger partial charge in [0.1, 0.15) is 11.3 Å². The van der Waals surface area contributed by atoms with E-state index in [1.807, 2.05) is 0 Å². The summed E-state index contributed by atoms with van der Waals surface area (Å²) in [7, 11) is 1.49. The lowest BCUT2D eigenvalue weighted by atomic mass is 9.80. The van der Waals surface area contributed by atoms with Crippen LogP contribution in [0.5, 0.6) is 5.75 Å². The zero-order chi connectivity index (χ0) is 22.5. The molecule has 2 aromatic rings. The molecule has 2 aliphatic heterocycles. The summed E-state index contributed by atoms with van der Waals surface area (Å²) in [5, 5.41) is 13.0. The van der Waals surface area contributed by atoms with Gasteiger partial charge in [-0.2, -0.15) is 0 Å². The standard InChI is InChI=1S/C23H22N2O6/c1-12(26)13-8-10-14(11-9-13)25-20(27)17-18(21(25)28)23(2,22(29)30)24-19(17)15-6-4-5-7-16(15)31-3/h4-11,17-19,24H,1-3H3,(H,29,30). The second-order valence-electron chi connectivity index (χ2n) is 7.99. The van der Waals surface area contributed by atoms with Gasteiger partial charge in [-0.3, -0.25) is 24.5 Å². The highest BCUT2D eigenvalue weighted by Crippen LogP contribution is 2.51. The number of carbonyl (C=O) groups is 4. The highest BCUT2D eigenvalue weighted by molar-refractivity contribution is 6.24. The van der Waals surface area contributed by atoms with Crippen LogP contribution in [0.25, 0.3) is 0 Å². The van der Waals surface area contributed by atoms with E-state index in [1.54, 1.807) is 36.4 Å². The number of carbonyl (C=O) groups excluding carboxylic acids is 3. The molecule has 8 heteroatoms. The fourth-order valence-corrected chi connectivity index (χ4v) is 4.63. The monoisotopic (exact) mass is 422 g/mol. The van der Waals surface area contributed by atoms with Crippen LogP contribution in [-0.4, -0.2) is 41.3 Å². The molecule has 0 spiro atoms. The van der Waals surface area contributed by atoms with Crippen LogP contribution >= 0.6 is 0 Å². The lowest BCUT2D eigenvalue weighted by Gasteiger charge is -2.27. The van der Waals surface area contributed by atoms with Gasteiger partial charge in [0, 0.05) is 17.2 Å². The summed E-state index contributed by atoms with van der Waals surface area (Å²) in [6, 6.07) is 12.4. The molecule has 2 saturated heterocycles. The number of ether oxygens (including phenoxy) is 1. The average molecular weight is 422 g/mol. The Hall–Kier alpha value is -3.52. The van der Waals surface area contributed by atoms with Gasteiger partial charge in [-0.1, -0.05) is 18.2 Å². The number of ketones is 1. The van der Waals surface area contributed by atoms with E-state index in [0.29, 0.717) is 22.6 Å². The van der Waals surface area contributed by atoms with Crippen molar-refractivity contribution in [3.63, 3.8) is 0 Å². The van der Waals surface area contributed by atoms with E-state index in [2.05, 4.69) is 5.32 Å². The normalized spacial score (nSPS) is 27.3. The Morgan fingerprint density at radius 1 is 1.06 bits per heavy atom. The summed E-state index contributed by atoms with van der Waals surface area (Å²) in [6.07, 6.45) is 0. The van der Waals surface area contributed by atoms with Crippen LogP contribution in [0.2, 0.25) is 0 Å². The van der Waals surface area contributed by atoms with Crippen molar-refractivity contribution in [3.05, 3.63) is 59.7 Å². The van der Waals surface area contributed by atoms with Crippen molar-refractivity contribution in [3.8, 4) is 5.75 Å². The molecule has 0 aromatic heterocycles. The Morgan fingerprint density at radius 3 is 2.29 bits per heavy atom. The lowest BCUT2D eigenvalue weighted by molar-refractivity contribution is -0.147. The molecule has 2 aliphatic rings. The number of hydrogen-bond acceptors (Lipinski definition) is 6. The van der Waals surface area contributed by atoms with Crippen molar-refractivity contribution in [2.24, 2.45) is 11.8 Å². The van der Waals surface area contributed by atoms with Gasteiger partial charge in [0.05, 0.1) is 24.6 Å². The highest BCUT2D eigenvalue weighted by atomic mass is 16.5. The predicted molar refractivity (Wildman–Crippen MR) is 111 cm³/mol. The second kappa shape index (κ2) is 7.31. The van der Waals surface area contributed by atoms with Crippen LogP contribution in [0, 0.1) is 11.8 Å². The van der Waals surface area contributed by atoms with Gasteiger partial charge >= 0.3 is 5.97 Å². The minimum absolute atomic E-state index is 0.138. The molecular formula is C23H22N2O6. The van der Waals surface area contributed by atoms with Gasteiger partial charge in [-0.05, 0) is 44.2 Å². The number of Topliss-reactive ketones (excluding diaryl/α,β-unsaturated/α-hetero) is 1. The molecule has 31 heavy (non-hydrogen) atoms. The summed E-state index contributed by atoms with van der Waals surface area (Å²) in [4.78, 5) is 51.6. The molecular weight excluding hydrogens is 400 g/mol. The van der Waals surface area contributed by atoms with Gasteiger partial charge in [0.2, 0.25) is 11.8 Å². The Labute approximate surface area is 178 Å². The maximum absolute atomic E-state index is 13.5. The van der Waals surface area contributed by atoms with Gasteiger partial charge in [-0.25, -0.2) is 4.90 Å². The fourth-order valence-electron chi connectivity index (χ4n) is 4.63. The number of methoxy groups -OCH3 is 1. The lowest BCUT2D eigenvalue weighted by Crippen LogP contribution is -2.53. The third-order valence-electron chi connectivity index (χ3n) is 6.24. The minimum atomic E-state index is -1.64. The van der Waals surface area contributed by atoms with Crippen LogP contribution in [0.4, 0.5) is 5.69 Å². The quantitative estimate of drug-likeness (QED) is 0.561. The number of imide groups is 1. The molecule has 2 amide bonds. The highest BCUT2D eigenvalue weighted by Gasteiger charge is 2.67. The number of fused-ring (bicyclic) bond motifs is 1. The first-order valence-electron chi connectivity index (χ1n) is 9.83. The maximum atomic E-state index is 13.5. The average Bonchev–Trinajstić information content (AvgIpc) is 3.22. The Balaban J connectivity index is 1.81. The topological polar surface area (TPSA) is 113 Å². The predicted octanol–water partition coefficient (Wildman–Crippen LogP) is 2.19. The molecule has 8 nitrogen and oxygen atoms in total. The minimum Gasteiger partial charge on any atom is -0.496 e. The number of benzene rings is 2. The fraction of sp³-hybridized carbons (Fsp3) is 0.304. The number of rotatable bonds is 5. The van der Waals surface area contributed by atoms with Gasteiger partial charge in [0.15, 0.2) is 5.78 Å². The molecule has 0 aliphatic carbocycles. The van der Waals surface area contributed by atoms with E-state index in [-0.39, 0.29) is 5.78 Å². The number of hydrogen-bond donors (Lipinski definition) is 2. The Kier molecular flexibility index (Phi) is 4.89. The number of nitrogens with zero attached hydrogens (tertiary/aromatic N) is 1. The van der Waals surface area contributed by atoms with Crippen LogP contribution in [-0.2, 0) is 14.4 Å². The third kappa shape index (κ3) is 3.02. The third-order valence-corrected chi connectivity index (χ3v) is 6.24. The van der Waals surface area contributed by atoms with Gasteiger partial charge < -0.3 is 9.84 Å². The second-order valence-corrected chi connectivity index (χ2v) is 7.99. The Bertz CT molecular complexity index is 1100. The van der Waals surface area contributed by atoms with Crippen LogP contribution in [0.3, 0.4) is 0 Å². The van der Waals surface area contributed by atoms with Crippen molar-refractivity contribution in [2.45, 2.75) is 25.4 Å². The zero-order valence-corrected chi connectivity index (χ0v) is 17.3. The summed E-state index contributed by atoms with van der Waals surface area (Å²) in [5.74, 6) is -3.94. The first-order valence-corrected chi connectivity index (χ1v) is 9.83. The maximum Gasteiger partial charge on any atom is 0.324 e. The molecule has 0 bridgehead atoms. The van der Waals surface area contributed by atoms with E-state index < -0.39 is 41.2 Å². The molecule has 4 atom stereocenters. The Morgan fingerprint density at radius 2 is 1.71 bits per heavy atom. The zero-order valence-electron chi connectivity index (χ0n) is 17.3. The summed E-state index contributed by atoms with van der Waals surface area (Å²) in [6.45, 7) is 2.85. The summed E-state index contributed by atoms with van der Waals surface area (Å²) in [5.41, 5.74) is -0.274. The molecule has 0 saturated carbocycles. The summed E-state index contributed by atoms with van der Waals surface area (Å²) >= 11 is 0. The van der Waals surface area contributed by atoms with E-state index >= 15 is 0 Å². The number of carboxylic acids is 1. The van der Waals surface area contributed by atoms with E-state index in [9.17, 15) is 24.3 Å². The van der Waals surface area contributed by atoms with E-state index in [4.69, 9.17) is 4.74 Å². The number of anilines is 1. The smallest absolute Gasteiger partial charge is 0.324 e. The van der Waals surface area contributed by atoms with Gasteiger partial charge in [0.25, 0.3) is 0 Å². The largest absolute Gasteiger partial charge is 0.496 e. The van der Waals surface area contributed by atoms with Crippen LogP contribution < -0.4 is 15.0 Å². The first-order chi connectivity index (χ1) is 14.7. The van der Waals surface area contributed by atoms with Gasteiger partial charge in [-0.15, -0.1) is 0 Å². The van der Waals surface area contributed by atoms with Crippen LogP contribution in [0.1, 0.15) is 35.8 Å².